The van der Waals surface area contributed by atoms with Crippen LogP contribution >= 0.6 is 23.2 Å². The molecule has 3 heterocycles. The lowest BCUT2D eigenvalue weighted by Gasteiger charge is -2.40. The van der Waals surface area contributed by atoms with E-state index < -0.39 is 17.6 Å². The third-order valence-corrected chi connectivity index (χ3v) is 9.11. The van der Waals surface area contributed by atoms with Crippen LogP contribution in [0.3, 0.4) is 0 Å². The molecule has 11 nitrogen and oxygen atoms in total. The number of nitrogens with zero attached hydrogens (tertiary/aromatic N) is 6. The maximum Gasteiger partial charge on any atom is 0.341 e. The number of hydrogen-bond acceptors (Lipinski definition) is 9. The Bertz CT molecular complexity index is 1850. The SMILES string of the molecule is CCOC(=O)[C@@]1(c2ccc(Cl)cc2)N=C(c2ccc(OC)cc2OC(C)C)N(C(=O)N2CCN(c3ncccn3)CC2)[C@@H]1c1ccc(Cl)cc1. The van der Waals surface area contributed by atoms with Crippen molar-refractivity contribution in [2.75, 3.05) is 44.8 Å². The van der Waals surface area contributed by atoms with Gasteiger partial charge >= 0.3 is 12.0 Å². The fourth-order valence-electron chi connectivity index (χ4n) is 6.33. The molecule has 1 aromatic heterocycles. The standard InChI is InChI=1S/C37H38Cl2N6O5/c1-5-49-34(46)37(26-9-13-28(39)14-10-26)32(25-7-11-27(38)12-8-25)45(33(42-37)30-16-15-29(48-4)23-31(30)50-24(2)3)36(47)44-21-19-43(20-22-44)35-40-17-6-18-41-35/h6-18,23-24,32H,5,19-22H2,1-4H3/t32-,37+/m1/s1. The van der Waals surface area contributed by atoms with E-state index in [1.807, 2.05) is 18.7 Å². The first-order valence-electron chi connectivity index (χ1n) is 16.4. The zero-order chi connectivity index (χ0) is 35.4. The molecule has 0 N–H and O–H groups in total. The largest absolute Gasteiger partial charge is 0.497 e. The van der Waals surface area contributed by atoms with Gasteiger partial charge < -0.3 is 24.0 Å². The van der Waals surface area contributed by atoms with Gasteiger partial charge in [-0.2, -0.15) is 0 Å². The van der Waals surface area contributed by atoms with Gasteiger partial charge in [-0.3, -0.25) is 4.90 Å². The number of piperazine rings is 1. The molecule has 4 aromatic rings. The summed E-state index contributed by atoms with van der Waals surface area (Å²) in [5.41, 5.74) is -0.114. The van der Waals surface area contributed by atoms with Crippen LogP contribution in [0.15, 0.2) is 90.2 Å². The molecule has 3 aromatic carbocycles. The topological polar surface area (TPSA) is 110 Å². The monoisotopic (exact) mass is 716 g/mol. The van der Waals surface area contributed by atoms with E-state index in [1.54, 1.807) is 109 Å². The zero-order valence-electron chi connectivity index (χ0n) is 28.3. The fraction of sp³-hybridized carbons (Fsp3) is 0.324. The molecule has 0 spiro atoms. The van der Waals surface area contributed by atoms with Crippen molar-refractivity contribution in [3.05, 3.63) is 112 Å². The van der Waals surface area contributed by atoms with Gasteiger partial charge in [0.25, 0.3) is 0 Å². The molecule has 2 aliphatic rings. The second kappa shape index (κ2) is 14.9. The number of halogens is 2. The number of hydrogen-bond donors (Lipinski definition) is 0. The lowest BCUT2D eigenvalue weighted by Crippen LogP contribution is -2.56. The zero-order valence-corrected chi connectivity index (χ0v) is 29.8. The summed E-state index contributed by atoms with van der Waals surface area (Å²) >= 11 is 12.7. The highest BCUT2D eigenvalue weighted by Crippen LogP contribution is 2.51. The second-order valence-electron chi connectivity index (χ2n) is 12.1. The number of methoxy groups -OCH3 is 1. The number of aliphatic imine (C=N–C) groups is 1. The number of anilines is 1. The van der Waals surface area contributed by atoms with Crippen molar-refractivity contribution in [1.82, 2.24) is 19.8 Å². The van der Waals surface area contributed by atoms with E-state index in [2.05, 4.69) is 9.97 Å². The molecule has 0 aliphatic carbocycles. The molecule has 0 unspecified atom stereocenters. The molecule has 1 saturated heterocycles. The Morgan fingerprint density at radius 2 is 1.56 bits per heavy atom. The van der Waals surface area contributed by atoms with Crippen LogP contribution in [0.25, 0.3) is 0 Å². The number of aromatic nitrogens is 2. The van der Waals surface area contributed by atoms with Crippen molar-refractivity contribution < 1.29 is 23.8 Å². The number of amides is 2. The van der Waals surface area contributed by atoms with Gasteiger partial charge in [-0.05, 0) is 74.4 Å². The van der Waals surface area contributed by atoms with Gasteiger partial charge in [0.2, 0.25) is 11.5 Å². The van der Waals surface area contributed by atoms with E-state index in [-0.39, 0.29) is 24.6 Å². The number of ether oxygens (including phenoxy) is 3. The van der Waals surface area contributed by atoms with Gasteiger partial charge in [0, 0.05) is 54.7 Å². The normalized spacial score (nSPS) is 19.0. The molecule has 2 aliphatic heterocycles. The molecule has 1 fully saturated rings. The van der Waals surface area contributed by atoms with Crippen LogP contribution in [-0.4, -0.2) is 83.6 Å². The number of carbonyl (C=O) groups is 2. The predicted octanol–water partition coefficient (Wildman–Crippen LogP) is 6.78. The summed E-state index contributed by atoms with van der Waals surface area (Å²) in [6.07, 6.45) is 3.17. The summed E-state index contributed by atoms with van der Waals surface area (Å²) in [5, 5.41) is 0.981. The Labute approximate surface area is 301 Å². The Morgan fingerprint density at radius 3 is 2.16 bits per heavy atom. The number of carbonyl (C=O) groups excluding carboxylic acids is 2. The average Bonchev–Trinajstić information content (AvgIpc) is 3.49. The number of benzene rings is 3. The summed E-state index contributed by atoms with van der Waals surface area (Å²) in [6.45, 7) is 7.41. The average molecular weight is 718 g/mol. The first kappa shape index (κ1) is 35.0. The van der Waals surface area contributed by atoms with Crippen molar-refractivity contribution in [2.45, 2.75) is 38.5 Å². The first-order chi connectivity index (χ1) is 24.2. The van der Waals surface area contributed by atoms with Crippen molar-refractivity contribution in [2.24, 2.45) is 4.99 Å². The number of rotatable bonds is 9. The highest BCUT2D eigenvalue weighted by Gasteiger charge is 2.60. The van der Waals surface area contributed by atoms with Gasteiger partial charge in [-0.25, -0.2) is 24.5 Å². The van der Waals surface area contributed by atoms with Gasteiger partial charge in [0.05, 0.1) is 25.4 Å². The highest BCUT2D eigenvalue weighted by atomic mass is 35.5. The van der Waals surface area contributed by atoms with Crippen molar-refractivity contribution >= 4 is 47.0 Å². The molecule has 50 heavy (non-hydrogen) atoms. The number of amidine groups is 1. The van der Waals surface area contributed by atoms with Gasteiger partial charge in [-0.15, -0.1) is 0 Å². The molecule has 0 saturated carbocycles. The van der Waals surface area contributed by atoms with Crippen LogP contribution in [0.5, 0.6) is 11.5 Å². The molecule has 260 valence electrons. The van der Waals surface area contributed by atoms with Crippen molar-refractivity contribution in [1.29, 1.82) is 0 Å². The fourth-order valence-corrected chi connectivity index (χ4v) is 6.58. The predicted molar refractivity (Wildman–Crippen MR) is 192 cm³/mol. The van der Waals surface area contributed by atoms with Crippen LogP contribution < -0.4 is 14.4 Å². The first-order valence-corrected chi connectivity index (χ1v) is 17.2. The van der Waals surface area contributed by atoms with E-state index in [1.165, 1.54) is 0 Å². The lowest BCUT2D eigenvalue weighted by atomic mass is 9.80. The smallest absolute Gasteiger partial charge is 0.341 e. The quantitative estimate of drug-likeness (QED) is 0.174. The third-order valence-electron chi connectivity index (χ3n) is 8.60. The van der Waals surface area contributed by atoms with Crippen molar-refractivity contribution in [3.8, 4) is 11.5 Å². The Hall–Kier alpha value is -4.87. The van der Waals surface area contributed by atoms with Gasteiger partial charge in [0.15, 0.2) is 0 Å². The van der Waals surface area contributed by atoms with E-state index in [0.717, 1.165) is 0 Å². The molecule has 13 heteroatoms. The minimum Gasteiger partial charge on any atom is -0.497 e. The van der Waals surface area contributed by atoms with Crippen LogP contribution in [0.2, 0.25) is 10.0 Å². The molecule has 2 atom stereocenters. The second-order valence-corrected chi connectivity index (χ2v) is 13.0. The van der Waals surface area contributed by atoms with Gasteiger partial charge in [0.1, 0.15) is 23.4 Å². The molecule has 0 radical (unpaired) electrons. The van der Waals surface area contributed by atoms with Crippen LogP contribution in [-0.2, 0) is 15.1 Å². The van der Waals surface area contributed by atoms with Gasteiger partial charge in [-0.1, -0.05) is 47.5 Å². The number of urea groups is 1. The highest BCUT2D eigenvalue weighted by molar-refractivity contribution is 6.30. The molecular weight excluding hydrogens is 679 g/mol. The van der Waals surface area contributed by atoms with Crippen LogP contribution in [0.1, 0.15) is 43.5 Å². The van der Waals surface area contributed by atoms with Crippen LogP contribution in [0.4, 0.5) is 10.7 Å². The van der Waals surface area contributed by atoms with Crippen molar-refractivity contribution in [3.63, 3.8) is 0 Å². The minimum absolute atomic E-state index is 0.0913. The summed E-state index contributed by atoms with van der Waals surface area (Å²) in [5.74, 6) is 1.21. The summed E-state index contributed by atoms with van der Waals surface area (Å²) in [7, 11) is 1.57. The molecule has 6 rings (SSSR count). The van der Waals surface area contributed by atoms with E-state index in [9.17, 15) is 4.79 Å². The maximum absolute atomic E-state index is 15.1. The lowest BCUT2D eigenvalue weighted by molar-refractivity contribution is -0.151. The Balaban J connectivity index is 1.57. The summed E-state index contributed by atoms with van der Waals surface area (Å²) in [6, 6.07) is 19.7. The minimum atomic E-state index is -1.74. The Morgan fingerprint density at radius 1 is 0.920 bits per heavy atom. The molecule has 0 bridgehead atoms. The summed E-state index contributed by atoms with van der Waals surface area (Å²) < 4.78 is 17.7. The summed E-state index contributed by atoms with van der Waals surface area (Å²) in [4.78, 5) is 49.2. The van der Waals surface area contributed by atoms with E-state index in [0.29, 0.717) is 70.4 Å². The van der Waals surface area contributed by atoms with E-state index in [4.69, 9.17) is 42.4 Å². The maximum atomic E-state index is 15.1. The number of esters is 1. The van der Waals surface area contributed by atoms with Crippen LogP contribution in [0, 0.1) is 0 Å². The van der Waals surface area contributed by atoms with E-state index >= 15 is 4.79 Å². The Kier molecular flexibility index (Phi) is 10.4. The molecular formula is C37H38Cl2N6O5. The third kappa shape index (κ3) is 6.80. The molecule has 2 amide bonds.